The van der Waals surface area contributed by atoms with Gasteiger partial charge in [-0.25, -0.2) is 8.42 Å². The van der Waals surface area contributed by atoms with E-state index in [1.54, 1.807) is 0 Å². The molecule has 1 fully saturated rings. The van der Waals surface area contributed by atoms with Gasteiger partial charge in [-0.1, -0.05) is 12.8 Å². The molecule has 0 radical (unpaired) electrons. The molecular weight excluding hydrogens is 218 g/mol. The van der Waals surface area contributed by atoms with E-state index in [2.05, 4.69) is 5.32 Å². The fourth-order valence-corrected chi connectivity index (χ4v) is 2.33. The quantitative estimate of drug-likeness (QED) is 0.687. The van der Waals surface area contributed by atoms with Crippen molar-refractivity contribution < 1.29 is 18.3 Å². The van der Waals surface area contributed by atoms with Crippen LogP contribution in [0.5, 0.6) is 0 Å². The summed E-state index contributed by atoms with van der Waals surface area (Å²) in [6.07, 6.45) is 3.78. The minimum atomic E-state index is -3.29. The molecule has 0 aromatic heterocycles. The lowest BCUT2D eigenvalue weighted by molar-refractivity contribution is -0.120. The van der Waals surface area contributed by atoms with Crippen LogP contribution in [-0.4, -0.2) is 43.6 Å². The summed E-state index contributed by atoms with van der Waals surface area (Å²) in [4.78, 5) is 11.3. The predicted octanol–water partition coefficient (Wildman–Crippen LogP) is -0.549. The molecule has 0 spiro atoms. The molecule has 15 heavy (non-hydrogen) atoms. The zero-order valence-corrected chi connectivity index (χ0v) is 9.59. The van der Waals surface area contributed by atoms with E-state index in [4.69, 9.17) is 0 Å². The summed E-state index contributed by atoms with van der Waals surface area (Å²) >= 11 is 0. The number of hydrogen-bond acceptors (Lipinski definition) is 4. The van der Waals surface area contributed by atoms with E-state index in [-0.39, 0.29) is 6.04 Å². The van der Waals surface area contributed by atoms with Crippen LogP contribution in [0.1, 0.15) is 25.7 Å². The van der Waals surface area contributed by atoms with Crippen LogP contribution in [0.4, 0.5) is 0 Å². The second-order valence-corrected chi connectivity index (χ2v) is 6.24. The van der Waals surface area contributed by atoms with Crippen LogP contribution in [0.15, 0.2) is 0 Å². The average Bonchev–Trinajstić information content (AvgIpc) is 2.05. The van der Waals surface area contributed by atoms with Crippen LogP contribution in [0.2, 0.25) is 0 Å². The monoisotopic (exact) mass is 235 g/mol. The summed E-state index contributed by atoms with van der Waals surface area (Å²) in [7, 11) is -3.29. The lowest BCUT2D eigenvalue weighted by atomic mass is 9.93. The Kier molecular flexibility index (Phi) is 4.10. The number of nitrogens with one attached hydrogen (secondary N) is 1. The minimum Gasteiger partial charge on any atom is -0.391 e. The van der Waals surface area contributed by atoms with Crippen LogP contribution >= 0.6 is 0 Å². The van der Waals surface area contributed by atoms with Gasteiger partial charge in [0.05, 0.1) is 12.1 Å². The third-order valence-corrected chi connectivity index (χ3v) is 3.26. The molecule has 6 heteroatoms. The molecule has 1 amide bonds. The Balaban J connectivity index is 2.43. The van der Waals surface area contributed by atoms with Crippen LogP contribution in [0.25, 0.3) is 0 Å². The number of aliphatic hydroxyl groups is 1. The highest BCUT2D eigenvalue weighted by molar-refractivity contribution is 7.91. The first-order valence-corrected chi connectivity index (χ1v) is 7.10. The first kappa shape index (κ1) is 12.4. The summed E-state index contributed by atoms with van der Waals surface area (Å²) in [6, 6.07) is -0.284. The first-order chi connectivity index (χ1) is 6.88. The van der Waals surface area contributed by atoms with Crippen LogP contribution < -0.4 is 5.32 Å². The lowest BCUT2D eigenvalue weighted by Gasteiger charge is -2.28. The molecule has 2 atom stereocenters. The van der Waals surface area contributed by atoms with E-state index < -0.39 is 27.6 Å². The van der Waals surface area contributed by atoms with Gasteiger partial charge in [0.1, 0.15) is 5.75 Å². The molecule has 0 heterocycles. The molecule has 0 aromatic carbocycles. The van der Waals surface area contributed by atoms with Crippen molar-refractivity contribution in [3.05, 3.63) is 0 Å². The Morgan fingerprint density at radius 2 is 2.00 bits per heavy atom. The standard InChI is InChI=1S/C9H17NO4S/c1-15(13,14)6-9(12)10-7-4-2-3-5-8(7)11/h7-8,11H,2-6H2,1H3,(H,10,12)/t7-,8-/m0/s1. The number of hydrogen-bond donors (Lipinski definition) is 2. The summed E-state index contributed by atoms with van der Waals surface area (Å²) < 4.78 is 21.7. The number of amides is 1. The highest BCUT2D eigenvalue weighted by Crippen LogP contribution is 2.18. The molecule has 0 saturated heterocycles. The highest BCUT2D eigenvalue weighted by atomic mass is 32.2. The molecule has 0 unspecified atom stereocenters. The lowest BCUT2D eigenvalue weighted by Crippen LogP contribution is -2.46. The normalized spacial score (nSPS) is 27.3. The fraction of sp³-hybridized carbons (Fsp3) is 0.889. The average molecular weight is 235 g/mol. The van der Waals surface area contributed by atoms with Crippen molar-refractivity contribution in [1.82, 2.24) is 5.32 Å². The Morgan fingerprint density at radius 3 is 2.53 bits per heavy atom. The van der Waals surface area contributed by atoms with Gasteiger partial charge >= 0.3 is 0 Å². The van der Waals surface area contributed by atoms with Gasteiger partial charge in [-0.3, -0.25) is 4.79 Å². The van der Waals surface area contributed by atoms with Gasteiger partial charge in [-0.2, -0.15) is 0 Å². The van der Waals surface area contributed by atoms with Crippen molar-refractivity contribution >= 4 is 15.7 Å². The maximum Gasteiger partial charge on any atom is 0.235 e. The smallest absolute Gasteiger partial charge is 0.235 e. The van der Waals surface area contributed by atoms with Crippen molar-refractivity contribution in [2.24, 2.45) is 0 Å². The molecule has 1 aliphatic carbocycles. The zero-order valence-electron chi connectivity index (χ0n) is 8.77. The Hall–Kier alpha value is -0.620. The van der Waals surface area contributed by atoms with Crippen LogP contribution in [-0.2, 0) is 14.6 Å². The van der Waals surface area contributed by atoms with Crippen molar-refractivity contribution in [3.63, 3.8) is 0 Å². The molecule has 0 aromatic rings. The van der Waals surface area contributed by atoms with Gasteiger partial charge in [0.2, 0.25) is 5.91 Å². The largest absolute Gasteiger partial charge is 0.391 e. The van der Waals surface area contributed by atoms with Gasteiger partial charge in [0.15, 0.2) is 9.84 Å². The van der Waals surface area contributed by atoms with Crippen molar-refractivity contribution in [3.8, 4) is 0 Å². The maximum atomic E-state index is 11.3. The van der Waals surface area contributed by atoms with E-state index >= 15 is 0 Å². The molecule has 1 saturated carbocycles. The predicted molar refractivity (Wildman–Crippen MR) is 56.1 cm³/mol. The molecule has 88 valence electrons. The van der Waals surface area contributed by atoms with E-state index in [0.29, 0.717) is 6.42 Å². The third kappa shape index (κ3) is 4.61. The van der Waals surface area contributed by atoms with Gasteiger partial charge in [0, 0.05) is 6.26 Å². The van der Waals surface area contributed by atoms with E-state index in [1.807, 2.05) is 0 Å². The van der Waals surface area contributed by atoms with Gasteiger partial charge in [-0.15, -0.1) is 0 Å². The number of rotatable bonds is 3. The molecule has 0 aliphatic heterocycles. The molecular formula is C9H17NO4S. The van der Waals surface area contributed by atoms with E-state index in [9.17, 15) is 18.3 Å². The second kappa shape index (κ2) is 4.94. The van der Waals surface area contributed by atoms with Crippen molar-refractivity contribution in [1.29, 1.82) is 0 Å². The maximum absolute atomic E-state index is 11.3. The van der Waals surface area contributed by atoms with Crippen molar-refractivity contribution in [2.75, 3.05) is 12.0 Å². The minimum absolute atomic E-state index is 0.284. The van der Waals surface area contributed by atoms with Gasteiger partial charge in [0.25, 0.3) is 0 Å². The second-order valence-electron chi connectivity index (χ2n) is 4.10. The third-order valence-electron chi connectivity index (χ3n) is 2.47. The van der Waals surface area contributed by atoms with Gasteiger partial charge in [-0.05, 0) is 12.8 Å². The first-order valence-electron chi connectivity index (χ1n) is 5.03. The summed E-state index contributed by atoms with van der Waals surface area (Å²) in [6.45, 7) is 0. The van der Waals surface area contributed by atoms with E-state index in [0.717, 1.165) is 25.5 Å². The fourth-order valence-electron chi connectivity index (χ4n) is 1.77. The Bertz CT molecular complexity index is 325. The Labute approximate surface area is 89.8 Å². The number of carbonyl (C=O) groups excluding carboxylic acids is 1. The van der Waals surface area contributed by atoms with Gasteiger partial charge < -0.3 is 10.4 Å². The van der Waals surface area contributed by atoms with Crippen LogP contribution in [0, 0.1) is 0 Å². The SMILES string of the molecule is CS(=O)(=O)CC(=O)N[C@H]1CCCC[C@@H]1O. The zero-order chi connectivity index (χ0) is 11.5. The molecule has 1 rings (SSSR count). The molecule has 0 bridgehead atoms. The Morgan fingerprint density at radius 1 is 1.40 bits per heavy atom. The van der Waals surface area contributed by atoms with Crippen LogP contribution in [0.3, 0.4) is 0 Å². The number of sulfone groups is 1. The summed E-state index contributed by atoms with van der Waals surface area (Å²) in [5.41, 5.74) is 0. The summed E-state index contributed by atoms with van der Waals surface area (Å²) in [5.74, 6) is -1.03. The number of aliphatic hydroxyl groups excluding tert-OH is 1. The van der Waals surface area contributed by atoms with E-state index in [1.165, 1.54) is 0 Å². The number of carbonyl (C=O) groups is 1. The van der Waals surface area contributed by atoms with Crippen molar-refractivity contribution in [2.45, 2.75) is 37.8 Å². The molecule has 1 aliphatic rings. The summed E-state index contributed by atoms with van der Waals surface area (Å²) in [5, 5.41) is 12.1. The highest BCUT2D eigenvalue weighted by Gasteiger charge is 2.25. The molecule has 2 N–H and O–H groups in total. The topological polar surface area (TPSA) is 83.5 Å². The molecule has 5 nitrogen and oxygen atoms in total.